The summed E-state index contributed by atoms with van der Waals surface area (Å²) in [5, 5.41) is 2.96. The molecule has 16 nitrogen and oxygen atoms in total. The number of ether oxygens (including phenoxy) is 1. The lowest BCUT2D eigenvalue weighted by atomic mass is 10.3. The van der Waals surface area contributed by atoms with Gasteiger partial charge in [-0.15, -0.1) is 0 Å². The Balaban J connectivity index is 2.09. The van der Waals surface area contributed by atoms with Gasteiger partial charge in [-0.05, 0) is 57.9 Å². The Morgan fingerprint density at radius 1 is 0.660 bits per heavy atom. The first-order valence-corrected chi connectivity index (χ1v) is 26.6. The number of methoxy groups -OCH3 is 1. The van der Waals surface area contributed by atoms with Crippen LogP contribution in [0.15, 0.2) is 29.2 Å². The third kappa shape index (κ3) is 20.0. The van der Waals surface area contributed by atoms with Gasteiger partial charge in [0.05, 0.1) is 57.2 Å². The molecule has 0 aliphatic carbocycles. The summed E-state index contributed by atoms with van der Waals surface area (Å²) >= 11 is 0. The molecule has 2 rings (SSSR count). The second kappa shape index (κ2) is 23.8. The highest BCUT2D eigenvalue weighted by atomic mass is 32.2. The van der Waals surface area contributed by atoms with Crippen molar-refractivity contribution in [1.29, 1.82) is 0 Å². The Labute approximate surface area is 318 Å². The second-order valence-corrected chi connectivity index (χ2v) is 23.0. The van der Waals surface area contributed by atoms with E-state index < -0.39 is 32.1 Å². The Bertz CT molecular complexity index is 1450. The predicted molar refractivity (Wildman–Crippen MR) is 212 cm³/mol. The fourth-order valence-corrected chi connectivity index (χ4v) is 12.0. The van der Waals surface area contributed by atoms with Gasteiger partial charge in [-0.1, -0.05) is 0 Å². The summed E-state index contributed by atoms with van der Waals surface area (Å²) in [4.78, 5) is 21.6. The van der Waals surface area contributed by atoms with Crippen LogP contribution in [0.4, 0.5) is 0 Å². The van der Waals surface area contributed by atoms with Crippen LogP contribution < -0.4 is 14.8 Å². The molecule has 2 N–H and O–H groups in total. The van der Waals surface area contributed by atoms with E-state index in [1.807, 2.05) is 25.7 Å². The molecule has 1 aliphatic rings. The third-order valence-corrected chi connectivity index (χ3v) is 15.1. The van der Waals surface area contributed by atoms with Crippen LogP contribution in [0.25, 0.3) is 0 Å². The predicted octanol–water partition coefficient (Wildman–Crippen LogP) is 3.80. The number of hydrogen-bond acceptors (Lipinski definition) is 14. The monoisotopic (exact) mass is 830 g/mol. The molecule has 1 aromatic carbocycles. The summed E-state index contributed by atoms with van der Waals surface area (Å²) in [6.45, 7) is 16.3. The standard InChI is InChI=1S/C33H65N6O10P3S/c1-8-47-50(5,41)28-37-21-19-36(27-33(40)34-17-11-12-18-35-53(44,45)32-15-13-31(46-4)14-16-32)20-22-38(29-51(6,42)48-9-2)24-26-39(25-23-37)30-52(7,43)49-10-3/h13-16,35H,8-12,17-30H2,1-7H3,(H,34,40). The first-order chi connectivity index (χ1) is 24.9. The Morgan fingerprint density at radius 3 is 1.42 bits per heavy atom. The first kappa shape index (κ1) is 48.0. The molecule has 20 heteroatoms. The van der Waals surface area contributed by atoms with Crippen LogP contribution in [-0.2, 0) is 42.1 Å². The van der Waals surface area contributed by atoms with Crippen LogP contribution in [0.5, 0.6) is 5.75 Å². The molecule has 308 valence electrons. The van der Waals surface area contributed by atoms with Crippen molar-refractivity contribution >= 4 is 38.0 Å². The minimum Gasteiger partial charge on any atom is -0.497 e. The lowest BCUT2D eigenvalue weighted by molar-refractivity contribution is -0.122. The molecule has 3 atom stereocenters. The number of nitrogens with zero attached hydrogens (tertiary/aromatic N) is 4. The summed E-state index contributed by atoms with van der Waals surface area (Å²) in [5.74, 6) is 0.403. The van der Waals surface area contributed by atoms with Crippen molar-refractivity contribution in [2.24, 2.45) is 0 Å². The van der Waals surface area contributed by atoms with Gasteiger partial charge in [-0.25, -0.2) is 13.1 Å². The molecule has 0 aromatic heterocycles. The van der Waals surface area contributed by atoms with Crippen molar-refractivity contribution < 1.29 is 45.2 Å². The SMILES string of the molecule is CCOP(C)(=O)CN1CCN(CC(=O)NCCCCNS(=O)(=O)c2ccc(OC)cc2)CCN(CP(C)(=O)OCC)CCN(CP(C)(=O)OCC)CC1. The average Bonchev–Trinajstić information content (AvgIpc) is 3.07. The smallest absolute Gasteiger partial charge is 0.240 e. The Hall–Kier alpha value is -1.19. The van der Waals surface area contributed by atoms with Gasteiger partial charge in [-0.3, -0.25) is 38.1 Å². The van der Waals surface area contributed by atoms with E-state index in [9.17, 15) is 26.9 Å². The van der Waals surface area contributed by atoms with Crippen LogP contribution >= 0.6 is 22.1 Å². The van der Waals surface area contributed by atoms with Gasteiger partial charge in [0.15, 0.2) is 0 Å². The summed E-state index contributed by atoms with van der Waals surface area (Å²) in [7, 11) is -10.9. The minimum atomic E-state index is -3.66. The maximum Gasteiger partial charge on any atom is 0.240 e. The lowest BCUT2D eigenvalue weighted by Crippen LogP contribution is -2.48. The number of unbranched alkanes of at least 4 members (excludes halogenated alkanes) is 1. The van der Waals surface area contributed by atoms with Crippen molar-refractivity contribution in [2.75, 3.05) is 138 Å². The number of nitrogens with one attached hydrogen (secondary N) is 2. The van der Waals surface area contributed by atoms with Gasteiger partial charge in [0.2, 0.25) is 38.0 Å². The lowest BCUT2D eigenvalue weighted by Gasteiger charge is -2.35. The van der Waals surface area contributed by atoms with E-state index in [0.717, 1.165) is 0 Å². The molecule has 1 aromatic rings. The zero-order valence-corrected chi connectivity index (χ0v) is 36.4. The van der Waals surface area contributed by atoms with Gasteiger partial charge in [0.1, 0.15) is 5.75 Å². The second-order valence-electron chi connectivity index (χ2n) is 13.5. The maximum atomic E-state index is 13.3. The highest BCUT2D eigenvalue weighted by Gasteiger charge is 2.27. The summed E-state index contributed by atoms with van der Waals surface area (Å²) in [6.07, 6.45) is 1.85. The van der Waals surface area contributed by atoms with Gasteiger partial charge in [-0.2, -0.15) is 0 Å². The van der Waals surface area contributed by atoms with E-state index in [4.69, 9.17) is 18.3 Å². The van der Waals surface area contributed by atoms with Crippen molar-refractivity contribution in [3.05, 3.63) is 24.3 Å². The molecule has 53 heavy (non-hydrogen) atoms. The fourth-order valence-electron chi connectivity index (χ4n) is 5.97. The van der Waals surface area contributed by atoms with Gasteiger partial charge in [0.25, 0.3) is 0 Å². The van der Waals surface area contributed by atoms with Crippen molar-refractivity contribution in [3.8, 4) is 5.75 Å². The van der Waals surface area contributed by atoms with Gasteiger partial charge < -0.3 is 23.6 Å². The molecule has 1 amide bonds. The molecule has 0 bridgehead atoms. The fraction of sp³-hybridized carbons (Fsp3) is 0.788. The zero-order chi connectivity index (χ0) is 39.5. The van der Waals surface area contributed by atoms with Crippen molar-refractivity contribution in [3.63, 3.8) is 0 Å². The zero-order valence-electron chi connectivity index (χ0n) is 32.9. The third-order valence-electron chi connectivity index (χ3n) is 8.46. The maximum absolute atomic E-state index is 13.3. The van der Waals surface area contributed by atoms with E-state index in [0.29, 0.717) is 97.3 Å². The molecule has 0 spiro atoms. The molecule has 1 saturated heterocycles. The molecule has 1 fully saturated rings. The van der Waals surface area contributed by atoms with Gasteiger partial charge >= 0.3 is 0 Å². The Kier molecular flexibility index (Phi) is 21.5. The molecule has 1 heterocycles. The molecular weight excluding hydrogens is 765 g/mol. The molecule has 0 saturated carbocycles. The Morgan fingerprint density at radius 2 is 1.04 bits per heavy atom. The number of carbonyl (C=O) groups is 1. The van der Waals surface area contributed by atoms with Crippen LogP contribution in [0.2, 0.25) is 0 Å². The number of amides is 1. The topological polar surface area (TPSA) is 176 Å². The summed E-state index contributed by atoms with van der Waals surface area (Å²) < 4.78 is 89.5. The number of sulfonamides is 1. The summed E-state index contributed by atoms with van der Waals surface area (Å²) in [6, 6.07) is 6.15. The highest BCUT2D eigenvalue weighted by molar-refractivity contribution is 7.89. The van der Waals surface area contributed by atoms with Crippen LogP contribution in [0, 0.1) is 0 Å². The molecule has 1 aliphatic heterocycles. The first-order valence-electron chi connectivity index (χ1n) is 18.4. The van der Waals surface area contributed by atoms with E-state index >= 15 is 0 Å². The van der Waals surface area contributed by atoms with Crippen molar-refractivity contribution in [2.45, 2.75) is 38.5 Å². The highest BCUT2D eigenvalue weighted by Crippen LogP contribution is 2.45. The van der Waals surface area contributed by atoms with Crippen LogP contribution in [-0.4, -0.2) is 172 Å². The average molecular weight is 831 g/mol. The number of carbonyl (C=O) groups excluding carboxylic acids is 1. The van der Waals surface area contributed by atoms with Crippen LogP contribution in [0.3, 0.4) is 0 Å². The van der Waals surface area contributed by atoms with E-state index in [1.165, 1.54) is 19.2 Å². The number of benzene rings is 1. The van der Waals surface area contributed by atoms with Crippen molar-refractivity contribution in [1.82, 2.24) is 29.6 Å². The van der Waals surface area contributed by atoms with Crippen LogP contribution in [0.1, 0.15) is 33.6 Å². The molecular formula is C33H65N6O10P3S. The van der Waals surface area contributed by atoms with E-state index in [2.05, 4.69) is 24.7 Å². The van der Waals surface area contributed by atoms with Gasteiger partial charge in [0, 0.05) is 85.4 Å². The number of rotatable bonds is 22. The normalized spacial score (nSPS) is 20.0. The van der Waals surface area contributed by atoms with E-state index in [1.54, 1.807) is 32.1 Å². The molecule has 0 radical (unpaired) electrons. The quantitative estimate of drug-likeness (QED) is 0.128. The van der Waals surface area contributed by atoms with E-state index in [-0.39, 0.29) is 42.7 Å². The minimum absolute atomic E-state index is 0.121. The number of hydrogen-bond donors (Lipinski definition) is 2. The largest absolute Gasteiger partial charge is 0.497 e. The molecule has 3 unspecified atom stereocenters. The summed E-state index contributed by atoms with van der Waals surface area (Å²) in [5.41, 5.74) is 0.